The van der Waals surface area contributed by atoms with Crippen LogP contribution in [0, 0.1) is 0 Å². The molecule has 0 heterocycles. The number of ether oxygens (including phenoxy) is 1. The van der Waals surface area contributed by atoms with Gasteiger partial charge in [-0.3, -0.25) is 9.59 Å². The molecule has 148 valence electrons. The van der Waals surface area contributed by atoms with Crippen LogP contribution in [0.2, 0.25) is 0 Å². The number of anilines is 2. The van der Waals surface area contributed by atoms with Crippen molar-refractivity contribution in [1.82, 2.24) is 0 Å². The lowest BCUT2D eigenvalue weighted by molar-refractivity contribution is -0.115. The first-order chi connectivity index (χ1) is 14.1. The molecule has 0 spiro atoms. The second kappa shape index (κ2) is 10.1. The van der Waals surface area contributed by atoms with Gasteiger partial charge in [-0.2, -0.15) is 0 Å². The third-order valence-corrected chi connectivity index (χ3v) is 4.22. The molecule has 3 rings (SSSR count). The lowest BCUT2D eigenvalue weighted by atomic mass is 10.1. The van der Waals surface area contributed by atoms with Crippen LogP contribution >= 0.6 is 0 Å². The Labute approximate surface area is 170 Å². The van der Waals surface area contributed by atoms with E-state index < -0.39 is 0 Å². The summed E-state index contributed by atoms with van der Waals surface area (Å²) < 4.78 is 5.52. The van der Waals surface area contributed by atoms with E-state index >= 15 is 0 Å². The standard InChI is InChI=1S/C24H24N2O3/c1-2-16-29-22-14-8-19(9-15-22)24(28)26-21-12-10-20(11-13-21)25-23(27)17-18-6-4-3-5-7-18/h3-15H,2,16-17H2,1H3,(H,25,27)(H,26,28). The van der Waals surface area contributed by atoms with E-state index in [2.05, 4.69) is 10.6 Å². The Hall–Kier alpha value is -3.60. The molecule has 3 aromatic carbocycles. The number of carbonyl (C=O) groups is 2. The highest BCUT2D eigenvalue weighted by atomic mass is 16.5. The summed E-state index contributed by atoms with van der Waals surface area (Å²) in [5, 5.41) is 5.71. The molecule has 0 aliphatic rings. The molecule has 5 heteroatoms. The zero-order valence-corrected chi connectivity index (χ0v) is 16.4. The molecular weight excluding hydrogens is 364 g/mol. The average Bonchev–Trinajstić information content (AvgIpc) is 2.74. The highest BCUT2D eigenvalue weighted by molar-refractivity contribution is 6.04. The Kier molecular flexibility index (Phi) is 7.00. The van der Waals surface area contributed by atoms with Crippen molar-refractivity contribution < 1.29 is 14.3 Å². The van der Waals surface area contributed by atoms with Gasteiger partial charge in [-0.1, -0.05) is 37.3 Å². The first-order valence-electron chi connectivity index (χ1n) is 9.62. The van der Waals surface area contributed by atoms with Crippen LogP contribution in [0.5, 0.6) is 5.75 Å². The second-order valence-electron chi connectivity index (χ2n) is 6.61. The smallest absolute Gasteiger partial charge is 0.255 e. The van der Waals surface area contributed by atoms with Gasteiger partial charge in [0.1, 0.15) is 5.75 Å². The van der Waals surface area contributed by atoms with Gasteiger partial charge in [-0.05, 0) is 60.5 Å². The van der Waals surface area contributed by atoms with E-state index in [4.69, 9.17) is 4.74 Å². The van der Waals surface area contributed by atoms with Gasteiger partial charge in [0.15, 0.2) is 0 Å². The van der Waals surface area contributed by atoms with Crippen molar-refractivity contribution >= 4 is 23.2 Å². The minimum atomic E-state index is -0.201. The maximum absolute atomic E-state index is 12.4. The van der Waals surface area contributed by atoms with E-state index in [1.165, 1.54) is 0 Å². The predicted octanol–water partition coefficient (Wildman–Crippen LogP) is 4.91. The van der Waals surface area contributed by atoms with E-state index in [1.54, 1.807) is 48.5 Å². The van der Waals surface area contributed by atoms with E-state index in [0.717, 1.165) is 17.7 Å². The molecule has 0 unspecified atom stereocenters. The van der Waals surface area contributed by atoms with Gasteiger partial charge in [-0.25, -0.2) is 0 Å². The van der Waals surface area contributed by atoms with Crippen molar-refractivity contribution in [2.45, 2.75) is 19.8 Å². The summed E-state index contributed by atoms with van der Waals surface area (Å²) in [5.74, 6) is 0.463. The molecule has 0 aliphatic heterocycles. The highest BCUT2D eigenvalue weighted by Gasteiger charge is 2.08. The number of rotatable bonds is 8. The molecule has 0 radical (unpaired) electrons. The van der Waals surface area contributed by atoms with Crippen LogP contribution in [-0.2, 0) is 11.2 Å². The molecule has 0 bridgehead atoms. The third-order valence-electron chi connectivity index (χ3n) is 4.22. The summed E-state index contributed by atoms with van der Waals surface area (Å²) in [7, 11) is 0. The SMILES string of the molecule is CCCOc1ccc(C(=O)Nc2ccc(NC(=O)Cc3ccccc3)cc2)cc1. The fourth-order valence-corrected chi connectivity index (χ4v) is 2.75. The second-order valence-corrected chi connectivity index (χ2v) is 6.61. The molecule has 0 saturated heterocycles. The minimum absolute atomic E-state index is 0.0848. The van der Waals surface area contributed by atoms with Gasteiger partial charge in [-0.15, -0.1) is 0 Å². The summed E-state index contributed by atoms with van der Waals surface area (Å²) >= 11 is 0. The van der Waals surface area contributed by atoms with Gasteiger partial charge >= 0.3 is 0 Å². The van der Waals surface area contributed by atoms with Crippen LogP contribution in [0.25, 0.3) is 0 Å². The molecule has 2 N–H and O–H groups in total. The van der Waals surface area contributed by atoms with Gasteiger partial charge in [0.05, 0.1) is 13.0 Å². The van der Waals surface area contributed by atoms with Crippen molar-refractivity contribution in [3.05, 3.63) is 90.0 Å². The molecule has 2 amide bonds. The molecule has 3 aromatic rings. The molecular formula is C24H24N2O3. The van der Waals surface area contributed by atoms with Crippen LogP contribution in [0.3, 0.4) is 0 Å². The fraction of sp³-hybridized carbons (Fsp3) is 0.167. The fourth-order valence-electron chi connectivity index (χ4n) is 2.75. The van der Waals surface area contributed by atoms with E-state index in [-0.39, 0.29) is 11.8 Å². The van der Waals surface area contributed by atoms with Gasteiger partial charge < -0.3 is 15.4 Å². The zero-order valence-electron chi connectivity index (χ0n) is 16.4. The molecule has 0 aromatic heterocycles. The first kappa shape index (κ1) is 20.1. The lowest BCUT2D eigenvalue weighted by Crippen LogP contribution is -2.14. The van der Waals surface area contributed by atoms with Crippen molar-refractivity contribution in [3.63, 3.8) is 0 Å². The van der Waals surface area contributed by atoms with E-state index in [0.29, 0.717) is 30.0 Å². The topological polar surface area (TPSA) is 67.4 Å². The molecule has 29 heavy (non-hydrogen) atoms. The number of amides is 2. The van der Waals surface area contributed by atoms with Crippen molar-refractivity contribution in [2.24, 2.45) is 0 Å². The summed E-state index contributed by atoms with van der Waals surface area (Å²) in [4.78, 5) is 24.5. The van der Waals surface area contributed by atoms with Crippen LogP contribution < -0.4 is 15.4 Å². The van der Waals surface area contributed by atoms with Crippen molar-refractivity contribution in [1.29, 1.82) is 0 Å². The number of nitrogens with one attached hydrogen (secondary N) is 2. The largest absolute Gasteiger partial charge is 0.494 e. The summed E-state index contributed by atoms with van der Waals surface area (Å²) in [6, 6.07) is 23.7. The van der Waals surface area contributed by atoms with Gasteiger partial charge in [0, 0.05) is 16.9 Å². The Morgan fingerprint density at radius 1 is 0.793 bits per heavy atom. The van der Waals surface area contributed by atoms with E-state index in [1.807, 2.05) is 37.3 Å². The molecule has 5 nitrogen and oxygen atoms in total. The molecule has 0 fully saturated rings. The Balaban J connectivity index is 1.53. The normalized spacial score (nSPS) is 10.2. The maximum atomic E-state index is 12.4. The minimum Gasteiger partial charge on any atom is -0.494 e. The van der Waals surface area contributed by atoms with Crippen LogP contribution in [0.1, 0.15) is 29.3 Å². The predicted molar refractivity (Wildman–Crippen MR) is 115 cm³/mol. The van der Waals surface area contributed by atoms with Crippen molar-refractivity contribution in [3.8, 4) is 5.75 Å². The highest BCUT2D eigenvalue weighted by Crippen LogP contribution is 2.17. The number of hydrogen-bond donors (Lipinski definition) is 2. The third kappa shape index (κ3) is 6.21. The number of benzene rings is 3. The number of hydrogen-bond acceptors (Lipinski definition) is 3. The lowest BCUT2D eigenvalue weighted by Gasteiger charge is -2.09. The van der Waals surface area contributed by atoms with Crippen LogP contribution in [0.4, 0.5) is 11.4 Å². The van der Waals surface area contributed by atoms with Gasteiger partial charge in [0.25, 0.3) is 5.91 Å². The Morgan fingerprint density at radius 2 is 1.41 bits per heavy atom. The van der Waals surface area contributed by atoms with Gasteiger partial charge in [0.2, 0.25) is 5.91 Å². The molecule has 0 aliphatic carbocycles. The van der Waals surface area contributed by atoms with E-state index in [9.17, 15) is 9.59 Å². The van der Waals surface area contributed by atoms with Crippen LogP contribution in [0.15, 0.2) is 78.9 Å². The Bertz CT molecular complexity index is 936. The Morgan fingerprint density at radius 3 is 2.03 bits per heavy atom. The first-order valence-corrected chi connectivity index (χ1v) is 9.62. The summed E-state index contributed by atoms with van der Waals surface area (Å²) in [6.45, 7) is 2.70. The summed E-state index contributed by atoms with van der Waals surface area (Å²) in [5.41, 5.74) is 2.85. The summed E-state index contributed by atoms with van der Waals surface area (Å²) in [6.07, 6.45) is 1.25. The quantitative estimate of drug-likeness (QED) is 0.576. The zero-order chi connectivity index (χ0) is 20.5. The molecule has 0 saturated carbocycles. The monoisotopic (exact) mass is 388 g/mol. The number of carbonyl (C=O) groups excluding carboxylic acids is 2. The maximum Gasteiger partial charge on any atom is 0.255 e. The average molecular weight is 388 g/mol. The van der Waals surface area contributed by atoms with Crippen molar-refractivity contribution in [2.75, 3.05) is 17.2 Å². The molecule has 0 atom stereocenters. The van der Waals surface area contributed by atoms with Crippen LogP contribution in [-0.4, -0.2) is 18.4 Å².